The summed E-state index contributed by atoms with van der Waals surface area (Å²) in [6, 6.07) is 7.88. The number of hydrogen-bond donors (Lipinski definition) is 2. The van der Waals surface area contributed by atoms with E-state index in [0.717, 1.165) is 50.9 Å². The number of likely N-dealkylation sites (tertiary alicyclic amines) is 1. The summed E-state index contributed by atoms with van der Waals surface area (Å²) in [6.45, 7) is 5.16. The Balaban J connectivity index is 0.00000225. The lowest BCUT2D eigenvalue weighted by Gasteiger charge is -2.33. The first-order valence-electron chi connectivity index (χ1n) is 9.00. The third-order valence-electron chi connectivity index (χ3n) is 5.02. The van der Waals surface area contributed by atoms with E-state index in [-0.39, 0.29) is 36.2 Å². The highest BCUT2D eigenvalue weighted by Crippen LogP contribution is 2.19. The predicted octanol–water partition coefficient (Wildman–Crippen LogP) is 2.14. The van der Waals surface area contributed by atoms with Gasteiger partial charge in [-0.05, 0) is 51.3 Å². The van der Waals surface area contributed by atoms with Crippen molar-refractivity contribution in [1.82, 2.24) is 15.5 Å². The van der Waals surface area contributed by atoms with Gasteiger partial charge >= 0.3 is 0 Å². The maximum Gasteiger partial charge on any atom is 0.253 e. The Bertz CT molecular complexity index is 585. The topological polar surface area (TPSA) is 61.4 Å². The van der Waals surface area contributed by atoms with Gasteiger partial charge < -0.3 is 15.5 Å². The molecule has 138 valence electrons. The molecule has 2 N–H and O–H groups in total. The zero-order chi connectivity index (χ0) is 16.9. The molecule has 1 aromatic carbocycles. The molecular formula is C19H28ClN3O2. The molecule has 6 heteroatoms. The van der Waals surface area contributed by atoms with Gasteiger partial charge in [0.2, 0.25) is 5.91 Å². The number of nitrogens with one attached hydrogen (secondary N) is 2. The monoisotopic (exact) mass is 365 g/mol. The largest absolute Gasteiger partial charge is 0.352 e. The molecular weight excluding hydrogens is 338 g/mol. The summed E-state index contributed by atoms with van der Waals surface area (Å²) in [7, 11) is 0. The summed E-state index contributed by atoms with van der Waals surface area (Å²) in [6.07, 6.45) is 3.90. The fourth-order valence-electron chi connectivity index (χ4n) is 3.55. The lowest BCUT2D eigenvalue weighted by molar-refractivity contribution is -0.127. The van der Waals surface area contributed by atoms with E-state index in [1.54, 1.807) is 0 Å². The Kier molecular flexibility index (Phi) is 7.26. The minimum atomic E-state index is -0.0879. The number of hydrogen-bond acceptors (Lipinski definition) is 3. The molecule has 2 saturated heterocycles. The SMILES string of the molecule is Cc1ccc(C(=O)N2CCCC(C(=O)N[C@H]3CCCNC3)C2)cc1.Cl. The van der Waals surface area contributed by atoms with E-state index in [4.69, 9.17) is 0 Å². The van der Waals surface area contributed by atoms with Crippen molar-refractivity contribution in [2.75, 3.05) is 26.2 Å². The highest BCUT2D eigenvalue weighted by atomic mass is 35.5. The van der Waals surface area contributed by atoms with Crippen molar-refractivity contribution >= 4 is 24.2 Å². The molecule has 3 rings (SSSR count). The molecule has 1 unspecified atom stereocenters. The lowest BCUT2D eigenvalue weighted by atomic mass is 9.95. The molecule has 25 heavy (non-hydrogen) atoms. The number of benzene rings is 1. The van der Waals surface area contributed by atoms with E-state index < -0.39 is 0 Å². The molecule has 5 nitrogen and oxygen atoms in total. The van der Waals surface area contributed by atoms with Crippen LogP contribution in [0.3, 0.4) is 0 Å². The second-order valence-electron chi connectivity index (χ2n) is 7.01. The van der Waals surface area contributed by atoms with Crippen molar-refractivity contribution < 1.29 is 9.59 Å². The normalized spacial score (nSPS) is 23.5. The van der Waals surface area contributed by atoms with Crippen LogP contribution >= 0.6 is 12.4 Å². The fourth-order valence-corrected chi connectivity index (χ4v) is 3.55. The van der Waals surface area contributed by atoms with E-state index in [1.165, 1.54) is 0 Å². The van der Waals surface area contributed by atoms with Crippen LogP contribution in [0.2, 0.25) is 0 Å². The zero-order valence-electron chi connectivity index (χ0n) is 14.8. The summed E-state index contributed by atoms with van der Waals surface area (Å²) < 4.78 is 0. The minimum absolute atomic E-state index is 0. The Hall–Kier alpha value is -1.59. The molecule has 0 radical (unpaired) electrons. The van der Waals surface area contributed by atoms with Crippen LogP contribution in [0, 0.1) is 12.8 Å². The second-order valence-corrected chi connectivity index (χ2v) is 7.01. The van der Waals surface area contributed by atoms with Gasteiger partial charge in [0.05, 0.1) is 5.92 Å². The van der Waals surface area contributed by atoms with E-state index in [1.807, 2.05) is 36.1 Å². The molecule has 2 aliphatic rings. The van der Waals surface area contributed by atoms with Gasteiger partial charge in [-0.25, -0.2) is 0 Å². The third kappa shape index (κ3) is 5.19. The standard InChI is InChI=1S/C19H27N3O2.ClH/c1-14-6-8-15(9-7-14)19(24)22-11-3-4-16(13-22)18(23)21-17-5-2-10-20-12-17;/h6-9,16-17,20H,2-5,10-13H2,1H3,(H,21,23);1H/t16?,17-;/m0./s1. The smallest absolute Gasteiger partial charge is 0.253 e. The molecule has 0 saturated carbocycles. The highest BCUT2D eigenvalue weighted by molar-refractivity contribution is 5.94. The third-order valence-corrected chi connectivity index (χ3v) is 5.02. The quantitative estimate of drug-likeness (QED) is 0.862. The molecule has 2 atom stereocenters. The van der Waals surface area contributed by atoms with Crippen molar-refractivity contribution in [3.05, 3.63) is 35.4 Å². The number of amides is 2. The summed E-state index contributed by atoms with van der Waals surface area (Å²) in [5.41, 5.74) is 1.85. The van der Waals surface area contributed by atoms with Crippen molar-refractivity contribution in [2.24, 2.45) is 5.92 Å². The summed E-state index contributed by atoms with van der Waals surface area (Å²) in [5, 5.41) is 6.47. The van der Waals surface area contributed by atoms with Gasteiger partial charge in [-0.15, -0.1) is 12.4 Å². The lowest BCUT2D eigenvalue weighted by Crippen LogP contribution is -2.51. The van der Waals surface area contributed by atoms with E-state index >= 15 is 0 Å². The first-order valence-corrected chi connectivity index (χ1v) is 9.00. The number of halogens is 1. The van der Waals surface area contributed by atoms with E-state index in [9.17, 15) is 9.59 Å². The Labute approximate surface area is 155 Å². The second kappa shape index (κ2) is 9.20. The van der Waals surface area contributed by atoms with Gasteiger partial charge in [0.25, 0.3) is 5.91 Å². The summed E-state index contributed by atoms with van der Waals surface area (Å²) >= 11 is 0. The summed E-state index contributed by atoms with van der Waals surface area (Å²) in [5.74, 6) is 0.0482. The van der Waals surface area contributed by atoms with E-state index in [2.05, 4.69) is 10.6 Å². The molecule has 2 fully saturated rings. The Morgan fingerprint density at radius 1 is 1.16 bits per heavy atom. The molecule has 2 aliphatic heterocycles. The molecule has 2 amide bonds. The van der Waals surface area contributed by atoms with Crippen LogP contribution in [-0.4, -0.2) is 48.9 Å². The van der Waals surface area contributed by atoms with Crippen molar-refractivity contribution in [3.8, 4) is 0 Å². The van der Waals surface area contributed by atoms with Crippen LogP contribution in [0.4, 0.5) is 0 Å². The molecule has 0 aromatic heterocycles. The average Bonchev–Trinajstić information content (AvgIpc) is 2.63. The van der Waals surface area contributed by atoms with Gasteiger partial charge in [-0.2, -0.15) is 0 Å². The maximum atomic E-state index is 12.7. The Morgan fingerprint density at radius 3 is 2.60 bits per heavy atom. The van der Waals surface area contributed by atoms with Crippen LogP contribution in [0.5, 0.6) is 0 Å². The molecule has 0 bridgehead atoms. The number of aryl methyl sites for hydroxylation is 1. The van der Waals surface area contributed by atoms with Crippen LogP contribution in [0.1, 0.15) is 41.6 Å². The van der Waals surface area contributed by atoms with Crippen molar-refractivity contribution in [3.63, 3.8) is 0 Å². The zero-order valence-corrected chi connectivity index (χ0v) is 15.6. The van der Waals surface area contributed by atoms with Crippen LogP contribution in [0.25, 0.3) is 0 Å². The van der Waals surface area contributed by atoms with Gasteiger partial charge in [-0.1, -0.05) is 17.7 Å². The van der Waals surface area contributed by atoms with Crippen LogP contribution < -0.4 is 10.6 Å². The number of carbonyl (C=O) groups is 2. The van der Waals surface area contributed by atoms with E-state index in [0.29, 0.717) is 12.1 Å². The maximum absolute atomic E-state index is 12.7. The average molecular weight is 366 g/mol. The Morgan fingerprint density at radius 2 is 1.92 bits per heavy atom. The number of carbonyl (C=O) groups excluding carboxylic acids is 2. The van der Waals surface area contributed by atoms with Gasteiger partial charge in [0.15, 0.2) is 0 Å². The first kappa shape index (κ1) is 19.7. The molecule has 0 aliphatic carbocycles. The predicted molar refractivity (Wildman–Crippen MR) is 101 cm³/mol. The number of piperidine rings is 2. The van der Waals surface area contributed by atoms with Crippen molar-refractivity contribution in [2.45, 2.75) is 38.6 Å². The van der Waals surface area contributed by atoms with Crippen LogP contribution in [-0.2, 0) is 4.79 Å². The number of rotatable bonds is 3. The minimum Gasteiger partial charge on any atom is -0.352 e. The summed E-state index contributed by atoms with van der Waals surface area (Å²) in [4.78, 5) is 27.0. The first-order chi connectivity index (χ1) is 11.6. The molecule has 2 heterocycles. The van der Waals surface area contributed by atoms with Gasteiger partial charge in [-0.3, -0.25) is 9.59 Å². The van der Waals surface area contributed by atoms with Crippen LogP contribution in [0.15, 0.2) is 24.3 Å². The molecule has 1 aromatic rings. The fraction of sp³-hybridized carbons (Fsp3) is 0.579. The molecule has 0 spiro atoms. The highest BCUT2D eigenvalue weighted by Gasteiger charge is 2.30. The van der Waals surface area contributed by atoms with Gasteiger partial charge in [0, 0.05) is 31.2 Å². The van der Waals surface area contributed by atoms with Gasteiger partial charge in [0.1, 0.15) is 0 Å². The van der Waals surface area contributed by atoms with Crippen molar-refractivity contribution in [1.29, 1.82) is 0 Å². The number of nitrogens with zero attached hydrogens (tertiary/aromatic N) is 1.